The fraction of sp³-hybridized carbons (Fsp3) is 0.125. The van der Waals surface area contributed by atoms with Gasteiger partial charge in [-0.3, -0.25) is 4.79 Å². The molecule has 0 heterocycles. The lowest BCUT2D eigenvalue weighted by molar-refractivity contribution is 0.112. The van der Waals surface area contributed by atoms with Gasteiger partial charge in [0.15, 0.2) is 12.0 Å². The van der Waals surface area contributed by atoms with Crippen molar-refractivity contribution >= 4 is 17.9 Å². The lowest BCUT2D eigenvalue weighted by Gasteiger charge is -2.06. The van der Waals surface area contributed by atoms with E-state index in [1.54, 1.807) is 0 Å². The van der Waals surface area contributed by atoms with Crippen LogP contribution in [-0.4, -0.2) is 18.5 Å². The van der Waals surface area contributed by atoms with Crippen molar-refractivity contribution in [2.24, 2.45) is 0 Å². The summed E-state index contributed by atoms with van der Waals surface area (Å²) in [5, 5.41) is 9.18. The highest BCUT2D eigenvalue weighted by atomic mass is 35.5. The van der Waals surface area contributed by atoms with Crippen LogP contribution in [0.3, 0.4) is 0 Å². The number of hydrogen-bond donors (Lipinski definition) is 1. The highest BCUT2D eigenvalue weighted by Crippen LogP contribution is 2.34. The molecule has 64 valence electrons. The van der Waals surface area contributed by atoms with Crippen LogP contribution in [0.5, 0.6) is 11.5 Å². The van der Waals surface area contributed by atoms with Crippen molar-refractivity contribution in [3.05, 3.63) is 22.7 Å². The highest BCUT2D eigenvalue weighted by Gasteiger charge is 2.10. The van der Waals surface area contributed by atoms with Gasteiger partial charge in [0.1, 0.15) is 10.8 Å². The zero-order valence-electron chi connectivity index (χ0n) is 6.37. The number of halogens is 1. The predicted octanol–water partition coefficient (Wildman–Crippen LogP) is 1.87. The molecule has 0 amide bonds. The van der Waals surface area contributed by atoms with E-state index in [0.29, 0.717) is 11.8 Å². The zero-order valence-corrected chi connectivity index (χ0v) is 7.13. The minimum atomic E-state index is -0.0980. The summed E-state index contributed by atoms with van der Waals surface area (Å²) in [6.07, 6.45) is 0.615. The van der Waals surface area contributed by atoms with Crippen LogP contribution in [-0.2, 0) is 0 Å². The number of aldehydes is 1. The molecule has 1 N–H and O–H groups in total. The van der Waals surface area contributed by atoms with Gasteiger partial charge >= 0.3 is 0 Å². The molecule has 0 saturated heterocycles. The topological polar surface area (TPSA) is 46.5 Å². The minimum absolute atomic E-state index is 0.0575. The van der Waals surface area contributed by atoms with Gasteiger partial charge in [-0.1, -0.05) is 11.6 Å². The van der Waals surface area contributed by atoms with Crippen molar-refractivity contribution in [3.8, 4) is 11.5 Å². The molecule has 0 radical (unpaired) electrons. The Labute approximate surface area is 74.5 Å². The van der Waals surface area contributed by atoms with Crippen molar-refractivity contribution in [2.45, 2.75) is 0 Å². The van der Waals surface area contributed by atoms with Crippen LogP contribution < -0.4 is 4.74 Å². The van der Waals surface area contributed by atoms with Crippen LogP contribution in [0.1, 0.15) is 10.4 Å². The predicted molar refractivity (Wildman–Crippen MR) is 45.1 cm³/mol. The van der Waals surface area contributed by atoms with Gasteiger partial charge in [-0.15, -0.1) is 0 Å². The monoisotopic (exact) mass is 186 g/mol. The Kier molecular flexibility index (Phi) is 2.55. The van der Waals surface area contributed by atoms with E-state index in [2.05, 4.69) is 0 Å². The normalized spacial score (nSPS) is 9.50. The average molecular weight is 187 g/mol. The summed E-state index contributed by atoms with van der Waals surface area (Å²) in [5.41, 5.74) is 0.320. The molecule has 4 heteroatoms. The van der Waals surface area contributed by atoms with E-state index < -0.39 is 0 Å². The molecule has 1 rings (SSSR count). The molecule has 0 saturated carbocycles. The number of phenols is 1. The Morgan fingerprint density at radius 3 is 2.75 bits per heavy atom. The van der Waals surface area contributed by atoms with Crippen molar-refractivity contribution < 1.29 is 14.6 Å². The standard InChI is InChI=1S/C8H7ClO3/c1-12-8-5(4-10)2-3-6(11)7(8)9/h2-4,11H,1H3. The van der Waals surface area contributed by atoms with Crippen molar-refractivity contribution in [2.75, 3.05) is 7.11 Å². The van der Waals surface area contributed by atoms with Gasteiger partial charge in [0.05, 0.1) is 12.7 Å². The van der Waals surface area contributed by atoms with E-state index in [-0.39, 0.29) is 16.5 Å². The van der Waals surface area contributed by atoms with Crippen LogP contribution in [0.4, 0.5) is 0 Å². The molecule has 0 bridgehead atoms. The number of aromatic hydroxyl groups is 1. The molecule has 0 fully saturated rings. The first-order valence-electron chi connectivity index (χ1n) is 3.21. The number of benzene rings is 1. The average Bonchev–Trinajstić information content (AvgIpc) is 2.09. The number of hydrogen-bond acceptors (Lipinski definition) is 3. The molecule has 3 nitrogen and oxygen atoms in total. The van der Waals surface area contributed by atoms with E-state index in [0.717, 1.165) is 0 Å². The lowest BCUT2D eigenvalue weighted by atomic mass is 10.2. The van der Waals surface area contributed by atoms with Gasteiger partial charge in [0.25, 0.3) is 0 Å². The zero-order chi connectivity index (χ0) is 9.14. The molecule has 1 aromatic carbocycles. The lowest BCUT2D eigenvalue weighted by Crippen LogP contribution is -1.91. The van der Waals surface area contributed by atoms with Crippen LogP contribution >= 0.6 is 11.6 Å². The van der Waals surface area contributed by atoms with Crippen LogP contribution in [0.2, 0.25) is 5.02 Å². The Morgan fingerprint density at radius 1 is 1.58 bits per heavy atom. The molecule has 0 aliphatic heterocycles. The fourth-order valence-electron chi connectivity index (χ4n) is 0.861. The molecule has 0 aromatic heterocycles. The van der Waals surface area contributed by atoms with Crippen LogP contribution in [0.15, 0.2) is 12.1 Å². The summed E-state index contributed by atoms with van der Waals surface area (Å²) in [5.74, 6) is 0.103. The second kappa shape index (κ2) is 3.45. The third kappa shape index (κ3) is 1.36. The maximum Gasteiger partial charge on any atom is 0.153 e. The molecule has 1 aromatic rings. The Balaban J connectivity index is 3.35. The second-order valence-electron chi connectivity index (χ2n) is 2.14. The van der Waals surface area contributed by atoms with Gasteiger partial charge in [-0.2, -0.15) is 0 Å². The molecule has 0 aliphatic rings. The van der Waals surface area contributed by atoms with Crippen molar-refractivity contribution in [3.63, 3.8) is 0 Å². The van der Waals surface area contributed by atoms with E-state index in [4.69, 9.17) is 21.4 Å². The maximum absolute atomic E-state index is 10.4. The van der Waals surface area contributed by atoms with Crippen LogP contribution in [0.25, 0.3) is 0 Å². The van der Waals surface area contributed by atoms with E-state index in [9.17, 15) is 4.79 Å². The molecule has 0 aliphatic carbocycles. The minimum Gasteiger partial charge on any atom is -0.506 e. The number of phenolic OH excluding ortho intramolecular Hbond substituents is 1. The third-order valence-corrected chi connectivity index (χ3v) is 1.80. The Morgan fingerprint density at radius 2 is 2.25 bits per heavy atom. The van der Waals surface area contributed by atoms with Gasteiger partial charge in [-0.25, -0.2) is 0 Å². The van der Waals surface area contributed by atoms with Crippen molar-refractivity contribution in [1.29, 1.82) is 0 Å². The van der Waals surface area contributed by atoms with E-state index in [1.165, 1.54) is 19.2 Å². The Hall–Kier alpha value is -1.22. The number of methoxy groups -OCH3 is 1. The number of rotatable bonds is 2. The first kappa shape index (κ1) is 8.87. The summed E-state index contributed by atoms with van der Waals surface area (Å²) >= 11 is 5.64. The highest BCUT2D eigenvalue weighted by molar-refractivity contribution is 6.33. The smallest absolute Gasteiger partial charge is 0.153 e. The number of ether oxygens (including phenoxy) is 1. The van der Waals surface area contributed by atoms with Gasteiger partial charge in [0, 0.05) is 0 Å². The number of carbonyl (C=O) groups excluding carboxylic acids is 1. The third-order valence-electron chi connectivity index (χ3n) is 1.44. The molecule has 0 atom stereocenters. The summed E-state index contributed by atoms with van der Waals surface area (Å²) in [6, 6.07) is 2.78. The molecule has 0 spiro atoms. The van der Waals surface area contributed by atoms with Crippen molar-refractivity contribution in [1.82, 2.24) is 0 Å². The van der Waals surface area contributed by atoms with Gasteiger partial charge < -0.3 is 9.84 Å². The summed E-state index contributed by atoms with van der Waals surface area (Å²) in [4.78, 5) is 10.4. The fourth-order valence-corrected chi connectivity index (χ4v) is 1.11. The number of carbonyl (C=O) groups is 1. The SMILES string of the molecule is COc1c(C=O)ccc(O)c1Cl. The van der Waals surface area contributed by atoms with E-state index in [1.807, 2.05) is 0 Å². The molecule has 12 heavy (non-hydrogen) atoms. The molecular weight excluding hydrogens is 180 g/mol. The van der Waals surface area contributed by atoms with Gasteiger partial charge in [-0.05, 0) is 12.1 Å². The Bertz CT molecular complexity index is 309. The molecular formula is C8H7ClO3. The quantitative estimate of drug-likeness (QED) is 0.718. The summed E-state index contributed by atoms with van der Waals surface area (Å²) in [6.45, 7) is 0. The first-order valence-corrected chi connectivity index (χ1v) is 3.59. The van der Waals surface area contributed by atoms with Gasteiger partial charge in [0.2, 0.25) is 0 Å². The first-order chi connectivity index (χ1) is 5.70. The largest absolute Gasteiger partial charge is 0.506 e. The van der Waals surface area contributed by atoms with E-state index >= 15 is 0 Å². The summed E-state index contributed by atoms with van der Waals surface area (Å²) in [7, 11) is 1.38. The molecule has 0 unspecified atom stereocenters. The van der Waals surface area contributed by atoms with Crippen LogP contribution in [0, 0.1) is 0 Å². The summed E-state index contributed by atoms with van der Waals surface area (Å²) < 4.78 is 4.82. The maximum atomic E-state index is 10.4. The second-order valence-corrected chi connectivity index (χ2v) is 2.52.